The fourth-order valence-corrected chi connectivity index (χ4v) is 3.15. The quantitative estimate of drug-likeness (QED) is 0.847. The van der Waals surface area contributed by atoms with Gasteiger partial charge in [0.05, 0.1) is 0 Å². The lowest BCUT2D eigenvalue weighted by atomic mass is 9.93. The molecule has 0 amide bonds. The Hall–Kier alpha value is -0.510. The fourth-order valence-electron chi connectivity index (χ4n) is 2.74. The van der Waals surface area contributed by atoms with E-state index in [4.69, 9.17) is 5.73 Å². The van der Waals surface area contributed by atoms with Gasteiger partial charge in [-0.05, 0) is 42.3 Å². The average Bonchev–Trinajstić information content (AvgIpc) is 2.71. The van der Waals surface area contributed by atoms with E-state index in [9.17, 15) is 0 Å². The molecular formula is C15H24N2S. The molecule has 1 aliphatic rings. The third kappa shape index (κ3) is 3.08. The normalized spacial score (nSPS) is 21.1. The number of hydrogen-bond donors (Lipinski definition) is 1. The Balaban J connectivity index is 2.13. The summed E-state index contributed by atoms with van der Waals surface area (Å²) in [4.78, 5) is 3.85. The summed E-state index contributed by atoms with van der Waals surface area (Å²) in [7, 11) is 0. The smallest absolute Gasteiger partial charge is 0.0470 e. The van der Waals surface area contributed by atoms with Gasteiger partial charge in [-0.2, -0.15) is 0 Å². The van der Waals surface area contributed by atoms with Gasteiger partial charge in [0.15, 0.2) is 0 Å². The van der Waals surface area contributed by atoms with Gasteiger partial charge in [0.1, 0.15) is 0 Å². The Kier molecular flexibility index (Phi) is 4.36. The van der Waals surface area contributed by atoms with Crippen molar-refractivity contribution in [2.75, 3.05) is 25.9 Å². The van der Waals surface area contributed by atoms with E-state index in [0.29, 0.717) is 18.0 Å². The summed E-state index contributed by atoms with van der Waals surface area (Å²) in [5, 5.41) is 0. The van der Waals surface area contributed by atoms with Gasteiger partial charge >= 0.3 is 0 Å². The molecule has 1 atom stereocenters. The molecular weight excluding hydrogens is 240 g/mol. The number of rotatable bonds is 4. The Labute approximate surface area is 115 Å². The molecule has 1 heterocycles. The first-order valence-corrected chi connectivity index (χ1v) is 7.86. The zero-order chi connectivity index (χ0) is 13.2. The molecule has 0 saturated carbocycles. The van der Waals surface area contributed by atoms with E-state index in [-0.39, 0.29) is 0 Å². The minimum Gasteiger partial charge on any atom is -0.329 e. The van der Waals surface area contributed by atoms with Crippen molar-refractivity contribution in [3.63, 3.8) is 0 Å². The molecule has 2 nitrogen and oxygen atoms in total. The summed E-state index contributed by atoms with van der Waals surface area (Å²) in [6.07, 6.45) is 3.38. The lowest BCUT2D eigenvalue weighted by molar-refractivity contribution is 0.223. The average molecular weight is 264 g/mol. The Bertz CT molecular complexity index is 386. The van der Waals surface area contributed by atoms with Gasteiger partial charge in [0, 0.05) is 24.0 Å². The van der Waals surface area contributed by atoms with Crippen molar-refractivity contribution in [1.29, 1.82) is 0 Å². The Morgan fingerprint density at radius 1 is 1.33 bits per heavy atom. The molecule has 0 spiro atoms. The predicted octanol–water partition coefficient (Wildman–Crippen LogP) is 3.14. The highest BCUT2D eigenvalue weighted by molar-refractivity contribution is 7.98. The monoisotopic (exact) mass is 264 g/mol. The summed E-state index contributed by atoms with van der Waals surface area (Å²) in [6.45, 7) is 7.71. The molecule has 1 saturated heterocycles. The van der Waals surface area contributed by atoms with Crippen LogP contribution in [0.25, 0.3) is 0 Å². The van der Waals surface area contributed by atoms with Gasteiger partial charge in [-0.25, -0.2) is 0 Å². The molecule has 1 unspecified atom stereocenters. The van der Waals surface area contributed by atoms with E-state index in [1.54, 1.807) is 11.8 Å². The molecule has 100 valence electrons. The molecule has 0 radical (unpaired) electrons. The van der Waals surface area contributed by atoms with Gasteiger partial charge in [-0.1, -0.05) is 26.0 Å². The molecule has 18 heavy (non-hydrogen) atoms. The number of nitrogens with zero attached hydrogens (tertiary/aromatic N) is 1. The maximum atomic E-state index is 6.00. The molecule has 1 fully saturated rings. The van der Waals surface area contributed by atoms with Crippen LogP contribution in [-0.2, 0) is 0 Å². The van der Waals surface area contributed by atoms with Crippen LogP contribution in [0.15, 0.2) is 29.2 Å². The van der Waals surface area contributed by atoms with Crippen LogP contribution in [0.1, 0.15) is 31.9 Å². The summed E-state index contributed by atoms with van der Waals surface area (Å²) in [5.41, 5.74) is 7.79. The first-order valence-electron chi connectivity index (χ1n) is 6.64. The highest BCUT2D eigenvalue weighted by Gasteiger charge is 2.33. The molecule has 0 aromatic heterocycles. The summed E-state index contributed by atoms with van der Waals surface area (Å²) in [6, 6.07) is 9.24. The second-order valence-electron chi connectivity index (χ2n) is 5.91. The third-order valence-electron chi connectivity index (χ3n) is 3.87. The van der Waals surface area contributed by atoms with Crippen molar-refractivity contribution in [1.82, 2.24) is 4.90 Å². The topological polar surface area (TPSA) is 29.3 Å². The van der Waals surface area contributed by atoms with Gasteiger partial charge in [-0.3, -0.25) is 4.90 Å². The molecule has 0 bridgehead atoms. The lowest BCUT2D eigenvalue weighted by Crippen LogP contribution is -2.33. The number of thioether (sulfide) groups is 1. The highest BCUT2D eigenvalue weighted by atomic mass is 32.2. The van der Waals surface area contributed by atoms with E-state index in [2.05, 4.69) is 49.3 Å². The van der Waals surface area contributed by atoms with E-state index in [0.717, 1.165) is 6.54 Å². The zero-order valence-corrected chi connectivity index (χ0v) is 12.5. The van der Waals surface area contributed by atoms with E-state index >= 15 is 0 Å². The SMILES string of the molecule is CSc1ccc(C(CN)N2CCC(C)(C)C2)cc1. The second kappa shape index (κ2) is 5.64. The molecule has 3 heteroatoms. The number of benzene rings is 1. The van der Waals surface area contributed by atoms with E-state index in [1.807, 2.05) is 0 Å². The largest absolute Gasteiger partial charge is 0.329 e. The Morgan fingerprint density at radius 3 is 2.44 bits per heavy atom. The molecule has 2 rings (SSSR count). The van der Waals surface area contributed by atoms with Crippen LogP contribution in [0, 0.1) is 5.41 Å². The number of likely N-dealkylation sites (tertiary alicyclic amines) is 1. The number of hydrogen-bond acceptors (Lipinski definition) is 3. The maximum Gasteiger partial charge on any atom is 0.0470 e. The molecule has 1 aliphatic heterocycles. The second-order valence-corrected chi connectivity index (χ2v) is 6.79. The molecule has 1 aromatic carbocycles. The van der Waals surface area contributed by atoms with Crippen molar-refractivity contribution in [2.24, 2.45) is 11.1 Å². The van der Waals surface area contributed by atoms with Gasteiger partial charge < -0.3 is 5.73 Å². The predicted molar refractivity (Wildman–Crippen MR) is 80.0 cm³/mol. The van der Waals surface area contributed by atoms with Crippen molar-refractivity contribution >= 4 is 11.8 Å². The van der Waals surface area contributed by atoms with Crippen LogP contribution in [-0.4, -0.2) is 30.8 Å². The minimum absolute atomic E-state index is 0.377. The molecule has 0 aliphatic carbocycles. The molecule has 1 aromatic rings. The van der Waals surface area contributed by atoms with E-state index < -0.39 is 0 Å². The van der Waals surface area contributed by atoms with Crippen LogP contribution in [0.4, 0.5) is 0 Å². The van der Waals surface area contributed by atoms with Crippen molar-refractivity contribution in [3.05, 3.63) is 29.8 Å². The van der Waals surface area contributed by atoms with Crippen LogP contribution >= 0.6 is 11.8 Å². The minimum atomic E-state index is 0.377. The maximum absolute atomic E-state index is 6.00. The standard InChI is InChI=1S/C15H24N2S/c1-15(2)8-9-17(11-15)14(10-16)12-4-6-13(18-3)7-5-12/h4-7,14H,8-11,16H2,1-3H3. The van der Waals surface area contributed by atoms with Crippen molar-refractivity contribution in [2.45, 2.75) is 31.2 Å². The highest BCUT2D eigenvalue weighted by Crippen LogP contribution is 2.34. The van der Waals surface area contributed by atoms with Crippen LogP contribution in [0.5, 0.6) is 0 Å². The van der Waals surface area contributed by atoms with Gasteiger partial charge in [0.2, 0.25) is 0 Å². The van der Waals surface area contributed by atoms with Crippen molar-refractivity contribution in [3.8, 4) is 0 Å². The van der Waals surface area contributed by atoms with Crippen molar-refractivity contribution < 1.29 is 0 Å². The number of nitrogens with two attached hydrogens (primary N) is 1. The summed E-state index contributed by atoms with van der Waals surface area (Å²) in [5.74, 6) is 0. The summed E-state index contributed by atoms with van der Waals surface area (Å²) >= 11 is 1.78. The lowest BCUT2D eigenvalue weighted by Gasteiger charge is -2.28. The fraction of sp³-hybridized carbons (Fsp3) is 0.600. The zero-order valence-electron chi connectivity index (χ0n) is 11.6. The Morgan fingerprint density at radius 2 is 2.00 bits per heavy atom. The van der Waals surface area contributed by atoms with Crippen LogP contribution < -0.4 is 5.73 Å². The van der Waals surface area contributed by atoms with Gasteiger partial charge in [0.25, 0.3) is 0 Å². The van der Waals surface area contributed by atoms with Crippen LogP contribution in [0.2, 0.25) is 0 Å². The molecule has 2 N–H and O–H groups in total. The van der Waals surface area contributed by atoms with E-state index in [1.165, 1.54) is 23.4 Å². The summed E-state index contributed by atoms with van der Waals surface area (Å²) < 4.78 is 0. The third-order valence-corrected chi connectivity index (χ3v) is 4.62. The van der Waals surface area contributed by atoms with Gasteiger partial charge in [-0.15, -0.1) is 11.8 Å². The first kappa shape index (κ1) is 13.9. The first-order chi connectivity index (χ1) is 8.55. The van der Waals surface area contributed by atoms with Crippen LogP contribution in [0.3, 0.4) is 0 Å².